The molecule has 1 heterocycles. The Morgan fingerprint density at radius 2 is 1.39 bits per heavy atom. The summed E-state index contributed by atoms with van der Waals surface area (Å²) >= 11 is -2.35. The third-order valence-corrected chi connectivity index (χ3v) is 21.0. The fourth-order valence-electron chi connectivity index (χ4n) is 3.41. The molecule has 0 aliphatic carbocycles. The van der Waals surface area contributed by atoms with Gasteiger partial charge in [0.2, 0.25) is 0 Å². The molecule has 0 fully saturated rings. The van der Waals surface area contributed by atoms with Gasteiger partial charge < -0.3 is 0 Å². The van der Waals surface area contributed by atoms with E-state index in [2.05, 4.69) is 56.5 Å². The van der Waals surface area contributed by atoms with Gasteiger partial charge in [-0.05, 0) is 0 Å². The predicted molar refractivity (Wildman–Crippen MR) is 108 cm³/mol. The van der Waals surface area contributed by atoms with Crippen LogP contribution in [-0.4, -0.2) is 41.4 Å². The minimum atomic E-state index is -2.35. The van der Waals surface area contributed by atoms with Gasteiger partial charge in [-0.3, -0.25) is 0 Å². The van der Waals surface area contributed by atoms with Crippen LogP contribution in [0.1, 0.15) is 59.3 Å². The molecule has 0 aromatic carbocycles. The summed E-state index contributed by atoms with van der Waals surface area (Å²) in [4.78, 5) is 0. The van der Waals surface area contributed by atoms with Crippen LogP contribution in [0, 0.1) is 0 Å². The zero-order valence-corrected chi connectivity index (χ0v) is 20.3. The van der Waals surface area contributed by atoms with Gasteiger partial charge in [0.1, 0.15) is 0 Å². The van der Waals surface area contributed by atoms with Crippen LogP contribution in [0.4, 0.5) is 0 Å². The number of hydrogen-bond acceptors (Lipinski definition) is 2. The Bertz CT molecular complexity index is 418. The number of rotatable bonds is 12. The average Bonchev–Trinajstić information content (AvgIpc) is 2.94. The van der Waals surface area contributed by atoms with E-state index in [1.54, 1.807) is 0 Å². The van der Waals surface area contributed by atoms with E-state index in [4.69, 9.17) is 5.10 Å². The molecule has 0 spiro atoms. The molecule has 3 nitrogen and oxygen atoms in total. The summed E-state index contributed by atoms with van der Waals surface area (Å²) in [5.41, 5.74) is 0. The van der Waals surface area contributed by atoms with Crippen LogP contribution in [0.2, 0.25) is 33.0 Å². The van der Waals surface area contributed by atoms with Crippen LogP contribution in [0.15, 0.2) is 6.20 Å². The van der Waals surface area contributed by atoms with Gasteiger partial charge in [0, 0.05) is 0 Å². The topological polar surface area (TPSA) is 30.7 Å². The fraction of sp³-hybridized carbons (Fsp3) is 0.889. The van der Waals surface area contributed by atoms with Gasteiger partial charge in [0.15, 0.2) is 0 Å². The average molecular weight is 444 g/mol. The Hall–Kier alpha value is 0.156. The fourth-order valence-corrected chi connectivity index (χ4v) is 19.6. The second-order valence-electron chi connectivity index (χ2n) is 8.45. The van der Waals surface area contributed by atoms with Crippen molar-refractivity contribution in [3.05, 3.63) is 6.20 Å². The Kier molecular flexibility index (Phi) is 9.42. The minimum absolute atomic E-state index is 1.11. The molecule has 0 aliphatic heterocycles. The van der Waals surface area contributed by atoms with Crippen molar-refractivity contribution >= 4 is 30.2 Å². The Labute approximate surface area is 149 Å². The zero-order valence-electron chi connectivity index (χ0n) is 16.5. The first-order chi connectivity index (χ1) is 10.9. The van der Waals surface area contributed by atoms with Crippen molar-refractivity contribution in [2.24, 2.45) is 0 Å². The summed E-state index contributed by atoms with van der Waals surface area (Å²) < 4.78 is 8.11. The first-order valence-corrected chi connectivity index (χ1v) is 21.0. The molecule has 0 aliphatic rings. The normalized spacial score (nSPS) is 12.8. The van der Waals surface area contributed by atoms with Gasteiger partial charge in [-0.1, -0.05) is 0 Å². The molecule has 0 amide bonds. The first kappa shape index (κ1) is 21.2. The van der Waals surface area contributed by atoms with Crippen molar-refractivity contribution in [1.82, 2.24) is 15.0 Å². The van der Waals surface area contributed by atoms with Crippen molar-refractivity contribution in [2.45, 2.75) is 98.4 Å². The van der Waals surface area contributed by atoms with E-state index in [9.17, 15) is 0 Å². The molecule has 0 unspecified atom stereocenters. The second-order valence-corrected chi connectivity index (χ2v) is 26.9. The number of aromatic nitrogens is 3. The van der Waals surface area contributed by atoms with E-state index in [-0.39, 0.29) is 0 Å². The number of hydrogen-bond donors (Lipinski definition) is 0. The number of unbranched alkanes of at least 4 members (excludes halogenated alkanes) is 3. The molecule has 23 heavy (non-hydrogen) atoms. The van der Waals surface area contributed by atoms with Gasteiger partial charge in [-0.25, -0.2) is 0 Å². The van der Waals surface area contributed by atoms with Gasteiger partial charge in [-0.2, -0.15) is 0 Å². The molecule has 0 bridgehead atoms. The van der Waals surface area contributed by atoms with Crippen LogP contribution >= 0.6 is 0 Å². The molecule has 1 aromatic rings. The van der Waals surface area contributed by atoms with Crippen LogP contribution in [0.3, 0.4) is 0 Å². The quantitative estimate of drug-likeness (QED) is 0.415. The van der Waals surface area contributed by atoms with E-state index in [0.717, 1.165) is 6.17 Å². The van der Waals surface area contributed by atoms with Gasteiger partial charge in [-0.15, -0.1) is 0 Å². The third-order valence-electron chi connectivity index (χ3n) is 4.74. The molecule has 134 valence electrons. The molecular weight excluding hydrogens is 405 g/mol. The van der Waals surface area contributed by atoms with E-state index >= 15 is 0 Å². The molecule has 0 atom stereocenters. The summed E-state index contributed by atoms with van der Waals surface area (Å²) in [6.45, 7) is 14.2. The van der Waals surface area contributed by atoms with Crippen molar-refractivity contribution in [3.63, 3.8) is 0 Å². The van der Waals surface area contributed by atoms with E-state index < -0.39 is 26.5 Å². The molecule has 1 aromatic heterocycles. The van der Waals surface area contributed by atoms with Crippen molar-refractivity contribution in [1.29, 1.82) is 0 Å². The summed E-state index contributed by atoms with van der Waals surface area (Å²) in [7, 11) is -1.14. The molecule has 0 saturated heterocycles. The summed E-state index contributed by atoms with van der Waals surface area (Å²) in [5.74, 6) is 0. The maximum atomic E-state index is 4.76. The number of nitrogens with zero attached hydrogens (tertiary/aromatic N) is 3. The van der Waals surface area contributed by atoms with Crippen LogP contribution < -0.4 is 3.71 Å². The Morgan fingerprint density at radius 1 is 0.913 bits per heavy atom. The summed E-state index contributed by atoms with van der Waals surface area (Å²) in [5, 5.41) is 9.31. The van der Waals surface area contributed by atoms with Crippen LogP contribution in [-0.2, 0) is 6.17 Å². The van der Waals surface area contributed by atoms with E-state index in [1.165, 1.54) is 55.5 Å². The molecule has 0 radical (unpaired) electrons. The van der Waals surface area contributed by atoms with Gasteiger partial charge >= 0.3 is 150 Å². The van der Waals surface area contributed by atoms with Crippen molar-refractivity contribution < 1.29 is 0 Å². The predicted octanol–water partition coefficient (Wildman–Crippen LogP) is 5.21. The molecule has 0 saturated carbocycles. The van der Waals surface area contributed by atoms with E-state index in [0.29, 0.717) is 0 Å². The summed E-state index contributed by atoms with van der Waals surface area (Å²) in [6.07, 6.45) is 11.6. The standard InChI is InChI=1S/C6H12N3Si.3C4H9.Sn/c1-10(2,3)6-9-5-4-7-8-9;3*1-3-4-2;/h5H,6H2,1-3H3;3*1,3-4H2,2H3;. The first-order valence-electron chi connectivity index (χ1n) is 9.77. The van der Waals surface area contributed by atoms with Gasteiger partial charge in [0.05, 0.1) is 0 Å². The van der Waals surface area contributed by atoms with Crippen LogP contribution in [0.5, 0.6) is 0 Å². The molecule has 1 rings (SSSR count). The Balaban J connectivity index is 3.03. The molecule has 0 N–H and O–H groups in total. The molecular formula is C18H39N3SiSn. The third kappa shape index (κ3) is 7.28. The van der Waals surface area contributed by atoms with Crippen molar-refractivity contribution in [3.8, 4) is 0 Å². The van der Waals surface area contributed by atoms with E-state index in [1.807, 2.05) is 0 Å². The second kappa shape index (κ2) is 10.2. The van der Waals surface area contributed by atoms with Crippen molar-refractivity contribution in [2.75, 3.05) is 0 Å². The van der Waals surface area contributed by atoms with Crippen LogP contribution in [0.25, 0.3) is 0 Å². The zero-order chi connectivity index (χ0) is 17.3. The SMILES string of the molecule is CCC[CH2][Sn]([CH2]CCC)([CH2]CCC)[c]1cn(C[Si](C)(C)C)nn1. The Morgan fingerprint density at radius 3 is 1.78 bits per heavy atom. The van der Waals surface area contributed by atoms with Gasteiger partial charge in [0.25, 0.3) is 0 Å². The monoisotopic (exact) mass is 445 g/mol. The maximum absolute atomic E-state index is 4.76. The summed E-state index contributed by atoms with van der Waals surface area (Å²) in [6, 6.07) is 0. The molecule has 5 heteroatoms.